The van der Waals surface area contributed by atoms with Crippen molar-refractivity contribution in [3.05, 3.63) is 0 Å². The molecule has 0 aromatic rings. The van der Waals surface area contributed by atoms with Crippen LogP contribution in [0.4, 0.5) is 8.78 Å². The Kier molecular flexibility index (Phi) is 2.26. The number of rotatable bonds is 3. The topological polar surface area (TPSA) is 46.3 Å². The van der Waals surface area contributed by atoms with Crippen LogP contribution in [-0.2, 0) is 4.79 Å². The summed E-state index contributed by atoms with van der Waals surface area (Å²) in [7, 11) is 0. The third-order valence-electron chi connectivity index (χ3n) is 3.43. The average Bonchev–Trinajstić information content (AvgIpc) is 1.97. The van der Waals surface area contributed by atoms with Crippen molar-refractivity contribution in [2.24, 2.45) is 17.1 Å². The van der Waals surface area contributed by atoms with Crippen molar-refractivity contribution in [3.63, 3.8) is 0 Å². The lowest BCUT2D eigenvalue weighted by Gasteiger charge is -2.49. The first-order valence-corrected chi connectivity index (χ1v) is 5.21. The van der Waals surface area contributed by atoms with Gasteiger partial charge in [0.1, 0.15) is 0 Å². The lowest BCUT2D eigenvalue weighted by Crippen LogP contribution is -2.62. The molecule has 0 aromatic heterocycles. The number of amides is 1. The van der Waals surface area contributed by atoms with Crippen LogP contribution in [0.25, 0.3) is 0 Å². The van der Waals surface area contributed by atoms with Gasteiger partial charge in [-0.25, -0.2) is 8.78 Å². The molecule has 1 aliphatic carbocycles. The highest BCUT2D eigenvalue weighted by Crippen LogP contribution is 2.44. The molecule has 1 aliphatic heterocycles. The van der Waals surface area contributed by atoms with Crippen LogP contribution >= 0.6 is 0 Å². The first-order chi connectivity index (χ1) is 6.81. The predicted octanol–water partition coefficient (Wildman–Crippen LogP) is 0.839. The molecule has 2 rings (SSSR count). The van der Waals surface area contributed by atoms with Gasteiger partial charge in [-0.2, -0.15) is 0 Å². The monoisotopic (exact) mass is 218 g/mol. The van der Waals surface area contributed by atoms with Crippen LogP contribution in [-0.4, -0.2) is 36.4 Å². The van der Waals surface area contributed by atoms with Gasteiger partial charge in [0.15, 0.2) is 0 Å². The first kappa shape index (κ1) is 10.8. The van der Waals surface area contributed by atoms with Crippen LogP contribution in [0.2, 0.25) is 0 Å². The second kappa shape index (κ2) is 3.14. The number of carbonyl (C=O) groups excluding carboxylic acids is 1. The molecule has 5 heteroatoms. The van der Waals surface area contributed by atoms with Crippen LogP contribution in [0.1, 0.15) is 19.8 Å². The van der Waals surface area contributed by atoms with Gasteiger partial charge in [-0.15, -0.1) is 0 Å². The second-order valence-electron chi connectivity index (χ2n) is 5.22. The Morgan fingerprint density at radius 1 is 1.47 bits per heavy atom. The fourth-order valence-electron chi connectivity index (χ4n) is 2.50. The minimum Gasteiger partial charge on any atom is -0.369 e. The van der Waals surface area contributed by atoms with Crippen molar-refractivity contribution in [2.75, 3.05) is 19.6 Å². The maximum absolute atomic E-state index is 12.5. The van der Waals surface area contributed by atoms with E-state index in [1.54, 1.807) is 0 Å². The largest absolute Gasteiger partial charge is 0.369 e. The molecule has 2 fully saturated rings. The van der Waals surface area contributed by atoms with Crippen molar-refractivity contribution in [1.82, 2.24) is 4.90 Å². The Morgan fingerprint density at radius 3 is 2.40 bits per heavy atom. The van der Waals surface area contributed by atoms with E-state index < -0.39 is 11.3 Å². The molecule has 1 saturated heterocycles. The van der Waals surface area contributed by atoms with Gasteiger partial charge in [0, 0.05) is 32.5 Å². The van der Waals surface area contributed by atoms with E-state index in [-0.39, 0.29) is 24.7 Å². The maximum Gasteiger partial charge on any atom is 0.248 e. The SMILES string of the molecule is CC1(C(N)=O)CN(CC2CC(F)(F)C2)C1. The molecule has 15 heavy (non-hydrogen) atoms. The van der Waals surface area contributed by atoms with Crippen LogP contribution < -0.4 is 5.73 Å². The Bertz CT molecular complexity index is 279. The molecule has 0 radical (unpaired) electrons. The minimum absolute atomic E-state index is 0.00319. The van der Waals surface area contributed by atoms with Gasteiger partial charge in [0.05, 0.1) is 5.41 Å². The number of nitrogens with zero attached hydrogens (tertiary/aromatic N) is 1. The van der Waals surface area contributed by atoms with E-state index in [4.69, 9.17) is 5.73 Å². The molecule has 0 atom stereocenters. The average molecular weight is 218 g/mol. The smallest absolute Gasteiger partial charge is 0.248 e. The number of hydrogen-bond donors (Lipinski definition) is 1. The molecule has 1 amide bonds. The molecule has 2 aliphatic rings. The molecule has 0 bridgehead atoms. The summed E-state index contributed by atoms with van der Waals surface area (Å²) in [4.78, 5) is 13.0. The highest BCUT2D eigenvalue weighted by Gasteiger charge is 2.49. The van der Waals surface area contributed by atoms with Crippen LogP contribution in [0.3, 0.4) is 0 Å². The Labute approximate surface area is 87.6 Å². The molecule has 0 aromatic carbocycles. The van der Waals surface area contributed by atoms with Gasteiger partial charge in [-0.05, 0) is 12.8 Å². The Morgan fingerprint density at radius 2 is 2.00 bits per heavy atom. The Hall–Kier alpha value is -0.710. The number of likely N-dealkylation sites (tertiary alicyclic amines) is 1. The molecule has 1 heterocycles. The van der Waals surface area contributed by atoms with Crippen molar-refractivity contribution in [3.8, 4) is 0 Å². The first-order valence-electron chi connectivity index (χ1n) is 5.21. The third kappa shape index (κ3) is 1.97. The molecule has 0 spiro atoms. The van der Waals surface area contributed by atoms with Gasteiger partial charge in [0.2, 0.25) is 11.8 Å². The summed E-state index contributed by atoms with van der Waals surface area (Å²) < 4.78 is 25.1. The lowest BCUT2D eigenvalue weighted by atomic mass is 9.77. The number of hydrogen-bond acceptors (Lipinski definition) is 2. The normalized spacial score (nSPS) is 29.3. The van der Waals surface area contributed by atoms with E-state index >= 15 is 0 Å². The van der Waals surface area contributed by atoms with Crippen molar-refractivity contribution < 1.29 is 13.6 Å². The van der Waals surface area contributed by atoms with E-state index in [2.05, 4.69) is 0 Å². The van der Waals surface area contributed by atoms with Crippen LogP contribution in [0.15, 0.2) is 0 Å². The van der Waals surface area contributed by atoms with Crippen LogP contribution in [0.5, 0.6) is 0 Å². The summed E-state index contributed by atoms with van der Waals surface area (Å²) in [6.45, 7) is 3.73. The van der Waals surface area contributed by atoms with Crippen LogP contribution in [0, 0.1) is 11.3 Å². The standard InChI is InChI=1S/C10H16F2N2O/c1-9(8(13)15)5-14(6-9)4-7-2-10(11,12)3-7/h7H,2-6H2,1H3,(H2,13,15). The zero-order valence-electron chi connectivity index (χ0n) is 8.80. The fourth-order valence-corrected chi connectivity index (χ4v) is 2.50. The van der Waals surface area contributed by atoms with E-state index in [1.807, 2.05) is 11.8 Å². The van der Waals surface area contributed by atoms with Gasteiger partial charge < -0.3 is 10.6 Å². The van der Waals surface area contributed by atoms with Crippen molar-refractivity contribution >= 4 is 5.91 Å². The summed E-state index contributed by atoms with van der Waals surface area (Å²) in [6, 6.07) is 0. The van der Waals surface area contributed by atoms with Gasteiger partial charge >= 0.3 is 0 Å². The summed E-state index contributed by atoms with van der Waals surface area (Å²) in [6.07, 6.45) is -0.00638. The van der Waals surface area contributed by atoms with Crippen molar-refractivity contribution in [1.29, 1.82) is 0 Å². The highest BCUT2D eigenvalue weighted by atomic mass is 19.3. The number of halogens is 2. The lowest BCUT2D eigenvalue weighted by molar-refractivity contribution is -0.145. The van der Waals surface area contributed by atoms with Gasteiger partial charge in [-0.3, -0.25) is 4.79 Å². The predicted molar refractivity (Wildman–Crippen MR) is 51.4 cm³/mol. The summed E-state index contributed by atoms with van der Waals surface area (Å²) in [5, 5.41) is 0. The van der Waals surface area contributed by atoms with E-state index in [0.717, 1.165) is 0 Å². The number of primary amides is 1. The quantitative estimate of drug-likeness (QED) is 0.763. The molecule has 2 N–H and O–H groups in total. The fraction of sp³-hybridized carbons (Fsp3) is 0.900. The molecular weight excluding hydrogens is 202 g/mol. The summed E-state index contributed by atoms with van der Waals surface area (Å²) in [5.41, 5.74) is 4.79. The van der Waals surface area contributed by atoms with E-state index in [0.29, 0.717) is 19.6 Å². The summed E-state index contributed by atoms with van der Waals surface area (Å²) in [5.74, 6) is -2.64. The number of carbonyl (C=O) groups is 1. The second-order valence-corrected chi connectivity index (χ2v) is 5.22. The number of nitrogens with two attached hydrogens (primary N) is 1. The molecule has 86 valence electrons. The molecule has 3 nitrogen and oxygen atoms in total. The molecule has 0 unspecified atom stereocenters. The third-order valence-corrected chi connectivity index (χ3v) is 3.43. The van der Waals surface area contributed by atoms with Gasteiger partial charge in [0.25, 0.3) is 0 Å². The highest BCUT2D eigenvalue weighted by molar-refractivity contribution is 5.82. The minimum atomic E-state index is -2.44. The van der Waals surface area contributed by atoms with E-state index in [9.17, 15) is 13.6 Å². The van der Waals surface area contributed by atoms with Gasteiger partial charge in [-0.1, -0.05) is 0 Å². The maximum atomic E-state index is 12.5. The number of alkyl halides is 2. The van der Waals surface area contributed by atoms with E-state index in [1.165, 1.54) is 0 Å². The van der Waals surface area contributed by atoms with Crippen molar-refractivity contribution in [2.45, 2.75) is 25.7 Å². The zero-order chi connectivity index (χ0) is 11.3. The molecule has 1 saturated carbocycles. The summed E-state index contributed by atoms with van der Waals surface area (Å²) >= 11 is 0. The molecular formula is C10H16F2N2O. The zero-order valence-corrected chi connectivity index (χ0v) is 8.80. The Balaban J connectivity index is 1.71.